The van der Waals surface area contributed by atoms with Crippen molar-refractivity contribution in [3.05, 3.63) is 53.8 Å². The molecule has 6 heteroatoms. The van der Waals surface area contributed by atoms with Gasteiger partial charge in [0.1, 0.15) is 17.8 Å². The molecule has 1 N–H and O–H groups in total. The van der Waals surface area contributed by atoms with Crippen LogP contribution >= 0.6 is 0 Å². The SMILES string of the molecule is CN[C@H]1CCc2ccc(S(=O)(=O)c3cccc(F)c3)cc2O1. The standard InChI is InChI=1S/C16H16FNO3S/c1-18-16-8-6-11-5-7-14(10-15(11)21-16)22(19,20)13-4-2-3-12(17)9-13/h2-5,7,9-10,16,18H,6,8H2,1H3/t16-/m1/s1. The van der Waals surface area contributed by atoms with Gasteiger partial charge in [-0.1, -0.05) is 12.1 Å². The Morgan fingerprint density at radius 1 is 1.18 bits per heavy atom. The molecular weight excluding hydrogens is 305 g/mol. The van der Waals surface area contributed by atoms with Gasteiger partial charge in [0.05, 0.1) is 9.79 Å². The van der Waals surface area contributed by atoms with E-state index in [4.69, 9.17) is 4.74 Å². The predicted octanol–water partition coefficient (Wildman–Crippen LogP) is 2.53. The number of sulfone groups is 1. The highest BCUT2D eigenvalue weighted by molar-refractivity contribution is 7.91. The van der Waals surface area contributed by atoms with Crippen LogP contribution in [0.4, 0.5) is 4.39 Å². The van der Waals surface area contributed by atoms with Crippen LogP contribution in [-0.2, 0) is 16.3 Å². The van der Waals surface area contributed by atoms with E-state index in [-0.39, 0.29) is 16.0 Å². The zero-order chi connectivity index (χ0) is 15.7. The number of hydrogen-bond donors (Lipinski definition) is 1. The molecule has 0 bridgehead atoms. The Kier molecular flexibility index (Phi) is 3.88. The number of aryl methyl sites for hydroxylation is 1. The van der Waals surface area contributed by atoms with Gasteiger partial charge in [0.15, 0.2) is 0 Å². The van der Waals surface area contributed by atoms with Crippen LogP contribution in [0.1, 0.15) is 12.0 Å². The number of ether oxygens (including phenoxy) is 1. The van der Waals surface area contributed by atoms with Crippen LogP contribution in [0.5, 0.6) is 5.75 Å². The fraction of sp³-hybridized carbons (Fsp3) is 0.250. The average molecular weight is 321 g/mol. The summed E-state index contributed by atoms with van der Waals surface area (Å²) < 4.78 is 44.2. The minimum absolute atomic E-state index is 0.0616. The first-order valence-electron chi connectivity index (χ1n) is 6.98. The lowest BCUT2D eigenvalue weighted by Gasteiger charge is -2.26. The molecule has 0 saturated heterocycles. The molecule has 0 radical (unpaired) electrons. The topological polar surface area (TPSA) is 55.4 Å². The first kappa shape index (κ1) is 15.0. The molecular formula is C16H16FNO3S. The smallest absolute Gasteiger partial charge is 0.206 e. The molecule has 1 aliphatic heterocycles. The van der Waals surface area contributed by atoms with Crippen LogP contribution in [0.15, 0.2) is 52.3 Å². The Bertz CT molecular complexity index is 805. The molecule has 1 atom stereocenters. The summed E-state index contributed by atoms with van der Waals surface area (Å²) >= 11 is 0. The van der Waals surface area contributed by atoms with Crippen molar-refractivity contribution in [1.29, 1.82) is 0 Å². The number of fused-ring (bicyclic) bond motifs is 1. The molecule has 0 saturated carbocycles. The summed E-state index contributed by atoms with van der Waals surface area (Å²) in [5.41, 5.74) is 0.977. The zero-order valence-corrected chi connectivity index (χ0v) is 12.9. The highest BCUT2D eigenvalue weighted by Crippen LogP contribution is 2.31. The summed E-state index contributed by atoms with van der Waals surface area (Å²) in [4.78, 5) is 0.0435. The molecule has 0 amide bonds. The van der Waals surface area contributed by atoms with Crippen molar-refractivity contribution in [3.63, 3.8) is 0 Å². The maximum Gasteiger partial charge on any atom is 0.206 e. The summed E-state index contributed by atoms with van der Waals surface area (Å²) in [5.74, 6) is -0.0198. The van der Waals surface area contributed by atoms with Crippen LogP contribution in [0.2, 0.25) is 0 Å². The van der Waals surface area contributed by atoms with Crippen molar-refractivity contribution in [2.24, 2.45) is 0 Å². The summed E-state index contributed by atoms with van der Waals surface area (Å²) in [7, 11) is -1.96. The lowest BCUT2D eigenvalue weighted by Crippen LogP contribution is -2.34. The van der Waals surface area contributed by atoms with E-state index >= 15 is 0 Å². The second-order valence-electron chi connectivity index (χ2n) is 5.16. The van der Waals surface area contributed by atoms with Gasteiger partial charge in [0, 0.05) is 6.42 Å². The van der Waals surface area contributed by atoms with E-state index in [0.29, 0.717) is 5.75 Å². The first-order valence-corrected chi connectivity index (χ1v) is 8.46. The third-order valence-corrected chi connectivity index (χ3v) is 5.47. The fourth-order valence-corrected chi connectivity index (χ4v) is 3.80. The van der Waals surface area contributed by atoms with Crippen LogP contribution in [0.25, 0.3) is 0 Å². The monoisotopic (exact) mass is 321 g/mol. The van der Waals surface area contributed by atoms with Gasteiger partial charge in [-0.15, -0.1) is 0 Å². The van der Waals surface area contributed by atoms with E-state index in [1.807, 2.05) is 0 Å². The van der Waals surface area contributed by atoms with E-state index in [2.05, 4.69) is 5.32 Å². The average Bonchev–Trinajstić information content (AvgIpc) is 2.53. The number of rotatable bonds is 3. The largest absolute Gasteiger partial charge is 0.475 e. The normalized spacial score (nSPS) is 17.6. The maximum absolute atomic E-state index is 13.3. The molecule has 2 aromatic carbocycles. The molecule has 0 aliphatic carbocycles. The second-order valence-corrected chi connectivity index (χ2v) is 7.11. The van der Waals surface area contributed by atoms with Gasteiger partial charge in [-0.2, -0.15) is 0 Å². The lowest BCUT2D eigenvalue weighted by atomic mass is 10.1. The molecule has 1 heterocycles. The van der Waals surface area contributed by atoms with Gasteiger partial charge in [-0.25, -0.2) is 12.8 Å². The van der Waals surface area contributed by atoms with Crippen molar-refractivity contribution in [3.8, 4) is 5.75 Å². The maximum atomic E-state index is 13.3. The summed E-state index contributed by atoms with van der Waals surface area (Å²) in [5, 5.41) is 3.02. The molecule has 0 spiro atoms. The van der Waals surface area contributed by atoms with Crippen molar-refractivity contribution in [2.45, 2.75) is 28.9 Å². The minimum atomic E-state index is -3.76. The molecule has 0 aromatic heterocycles. The van der Waals surface area contributed by atoms with Crippen LogP contribution in [-0.4, -0.2) is 21.7 Å². The van der Waals surface area contributed by atoms with Crippen LogP contribution in [0, 0.1) is 5.82 Å². The van der Waals surface area contributed by atoms with Gasteiger partial charge in [-0.05, 0) is 49.4 Å². The van der Waals surface area contributed by atoms with Gasteiger partial charge >= 0.3 is 0 Å². The molecule has 116 valence electrons. The first-order chi connectivity index (χ1) is 10.5. The van der Waals surface area contributed by atoms with Gasteiger partial charge < -0.3 is 4.74 Å². The van der Waals surface area contributed by atoms with Gasteiger partial charge in [-0.3, -0.25) is 5.32 Å². The van der Waals surface area contributed by atoms with E-state index in [0.717, 1.165) is 24.5 Å². The van der Waals surface area contributed by atoms with Crippen LogP contribution < -0.4 is 10.1 Å². The number of hydrogen-bond acceptors (Lipinski definition) is 4. The highest BCUT2D eigenvalue weighted by atomic mass is 32.2. The molecule has 4 nitrogen and oxygen atoms in total. The van der Waals surface area contributed by atoms with Crippen molar-refractivity contribution < 1.29 is 17.5 Å². The third kappa shape index (κ3) is 2.71. The molecule has 0 fully saturated rings. The van der Waals surface area contributed by atoms with E-state index < -0.39 is 15.7 Å². The van der Waals surface area contributed by atoms with E-state index in [1.165, 1.54) is 24.3 Å². The summed E-state index contributed by atoms with van der Waals surface area (Å²) in [6.45, 7) is 0. The molecule has 0 unspecified atom stereocenters. The zero-order valence-electron chi connectivity index (χ0n) is 12.0. The Labute approximate surface area is 128 Å². The van der Waals surface area contributed by atoms with Crippen molar-refractivity contribution in [2.75, 3.05) is 7.05 Å². The molecule has 1 aliphatic rings. The predicted molar refractivity (Wildman–Crippen MR) is 80.1 cm³/mol. The van der Waals surface area contributed by atoms with Gasteiger partial charge in [0.25, 0.3) is 0 Å². The van der Waals surface area contributed by atoms with E-state index in [9.17, 15) is 12.8 Å². The quantitative estimate of drug-likeness (QED) is 0.944. The van der Waals surface area contributed by atoms with Gasteiger partial charge in [0.2, 0.25) is 9.84 Å². The fourth-order valence-electron chi connectivity index (χ4n) is 2.49. The number of nitrogens with one attached hydrogen (secondary N) is 1. The second kappa shape index (κ2) is 5.70. The summed E-state index contributed by atoms with van der Waals surface area (Å²) in [6, 6.07) is 9.82. The molecule has 22 heavy (non-hydrogen) atoms. The van der Waals surface area contributed by atoms with Crippen molar-refractivity contribution >= 4 is 9.84 Å². The van der Waals surface area contributed by atoms with Crippen molar-refractivity contribution in [1.82, 2.24) is 5.32 Å². The highest BCUT2D eigenvalue weighted by Gasteiger charge is 2.23. The molecule has 2 aromatic rings. The minimum Gasteiger partial charge on any atom is -0.475 e. The number of benzene rings is 2. The Morgan fingerprint density at radius 3 is 2.68 bits per heavy atom. The summed E-state index contributed by atoms with van der Waals surface area (Å²) in [6.07, 6.45) is 1.53. The Morgan fingerprint density at radius 2 is 1.95 bits per heavy atom. The number of halogens is 1. The van der Waals surface area contributed by atoms with Crippen LogP contribution in [0.3, 0.4) is 0 Å². The Hall–Kier alpha value is -1.92. The van der Waals surface area contributed by atoms with E-state index in [1.54, 1.807) is 19.2 Å². The third-order valence-electron chi connectivity index (χ3n) is 3.72. The Balaban J connectivity index is 2.02. The molecule has 3 rings (SSSR count). The lowest BCUT2D eigenvalue weighted by molar-refractivity contribution is 0.147.